The van der Waals surface area contributed by atoms with Crippen LogP contribution in [0.15, 0.2) is 12.1 Å². The fraction of sp³-hybridized carbons (Fsp3) is 0.562. The summed E-state index contributed by atoms with van der Waals surface area (Å²) in [7, 11) is 2.09. The van der Waals surface area contributed by atoms with Crippen molar-refractivity contribution in [2.75, 3.05) is 7.05 Å². The van der Waals surface area contributed by atoms with Crippen molar-refractivity contribution in [3.05, 3.63) is 22.8 Å². The van der Waals surface area contributed by atoms with Gasteiger partial charge in [0.1, 0.15) is 0 Å². The SMILES string of the molecule is CN1C(C)(C)CC(C(=O)Oc2c(I)cc(I)cc2I)C1(C)C. The van der Waals surface area contributed by atoms with Gasteiger partial charge in [-0.2, -0.15) is 0 Å². The lowest BCUT2D eigenvalue weighted by Gasteiger charge is -2.37. The Morgan fingerprint density at radius 1 is 1.18 bits per heavy atom. The molecule has 3 nitrogen and oxygen atoms in total. The lowest BCUT2D eigenvalue weighted by atomic mass is 9.87. The standard InChI is InChI=1S/C16H20I3NO2/c1-15(2)8-10(16(3,4)20(15)5)14(21)22-13-11(18)6-9(17)7-12(13)19/h6-7,10H,8H2,1-5H3. The molecule has 1 atom stereocenters. The molecule has 2 rings (SSSR count). The number of carbonyl (C=O) groups excluding carboxylic acids is 1. The molecule has 6 heteroatoms. The predicted octanol–water partition coefficient (Wildman–Crippen LogP) is 4.91. The van der Waals surface area contributed by atoms with Crippen molar-refractivity contribution in [2.24, 2.45) is 5.92 Å². The Morgan fingerprint density at radius 3 is 2.09 bits per heavy atom. The number of ether oxygens (including phenoxy) is 1. The first-order chi connectivity index (χ1) is 9.96. The molecule has 1 aliphatic heterocycles. The Labute approximate surface area is 173 Å². The number of hydrogen-bond donors (Lipinski definition) is 0. The van der Waals surface area contributed by atoms with Crippen LogP contribution in [0.2, 0.25) is 0 Å². The van der Waals surface area contributed by atoms with Crippen molar-refractivity contribution in [1.82, 2.24) is 4.90 Å². The van der Waals surface area contributed by atoms with E-state index in [9.17, 15) is 4.79 Å². The van der Waals surface area contributed by atoms with Crippen LogP contribution >= 0.6 is 67.8 Å². The summed E-state index contributed by atoms with van der Waals surface area (Å²) >= 11 is 6.74. The van der Waals surface area contributed by atoms with Gasteiger partial charge in [-0.1, -0.05) is 0 Å². The van der Waals surface area contributed by atoms with E-state index in [-0.39, 0.29) is 23.0 Å². The number of rotatable bonds is 2. The molecule has 1 aliphatic rings. The number of esters is 1. The summed E-state index contributed by atoms with van der Waals surface area (Å²) in [6.45, 7) is 8.61. The van der Waals surface area contributed by atoms with Crippen molar-refractivity contribution >= 4 is 73.7 Å². The molecule has 0 amide bonds. The minimum atomic E-state index is -0.208. The van der Waals surface area contributed by atoms with Gasteiger partial charge in [-0.05, 0) is 121 Å². The summed E-state index contributed by atoms with van der Waals surface area (Å²) in [5.41, 5.74) is -0.208. The highest BCUT2D eigenvalue weighted by molar-refractivity contribution is 14.1. The average molecular weight is 639 g/mol. The summed E-state index contributed by atoms with van der Waals surface area (Å²) in [5.74, 6) is 0.438. The van der Waals surface area contributed by atoms with Gasteiger partial charge in [0, 0.05) is 14.6 Å². The Balaban J connectivity index is 2.27. The Morgan fingerprint density at radius 2 is 1.68 bits per heavy atom. The van der Waals surface area contributed by atoms with Crippen LogP contribution < -0.4 is 4.74 Å². The molecule has 1 aromatic rings. The zero-order valence-corrected chi connectivity index (χ0v) is 19.8. The Hall–Kier alpha value is 0.840. The summed E-state index contributed by atoms with van der Waals surface area (Å²) < 4.78 is 8.91. The van der Waals surface area contributed by atoms with E-state index in [1.807, 2.05) is 12.1 Å². The minimum Gasteiger partial charge on any atom is -0.424 e. The largest absolute Gasteiger partial charge is 0.424 e. The van der Waals surface area contributed by atoms with Crippen molar-refractivity contribution in [3.63, 3.8) is 0 Å². The summed E-state index contributed by atoms with van der Waals surface area (Å²) in [6.07, 6.45) is 0.812. The molecule has 1 aromatic carbocycles. The van der Waals surface area contributed by atoms with E-state index in [1.54, 1.807) is 0 Å². The lowest BCUT2D eigenvalue weighted by Crippen LogP contribution is -2.48. The third-order valence-corrected chi connectivity index (χ3v) is 7.00. The molecular weight excluding hydrogens is 619 g/mol. The van der Waals surface area contributed by atoms with Crippen molar-refractivity contribution in [3.8, 4) is 5.75 Å². The number of carbonyl (C=O) groups is 1. The number of benzene rings is 1. The minimum absolute atomic E-state index is 0.000434. The van der Waals surface area contributed by atoms with Gasteiger partial charge in [-0.25, -0.2) is 0 Å². The Kier molecular flexibility index (Phi) is 5.77. The third kappa shape index (κ3) is 3.58. The van der Waals surface area contributed by atoms with E-state index in [1.165, 1.54) is 0 Å². The molecule has 0 radical (unpaired) electrons. The second kappa shape index (κ2) is 6.62. The summed E-state index contributed by atoms with van der Waals surface area (Å²) in [5, 5.41) is 0. The normalized spacial score (nSPS) is 23.5. The summed E-state index contributed by atoms with van der Waals surface area (Å²) in [4.78, 5) is 15.1. The van der Waals surface area contributed by atoms with Gasteiger partial charge >= 0.3 is 5.97 Å². The second-order valence-electron chi connectivity index (χ2n) is 6.90. The molecule has 1 fully saturated rings. The lowest BCUT2D eigenvalue weighted by molar-refractivity contribution is -0.141. The quantitative estimate of drug-likeness (QED) is 0.262. The molecule has 1 unspecified atom stereocenters. The number of likely N-dealkylation sites (tertiary alicyclic amines) is 1. The summed E-state index contributed by atoms with van der Waals surface area (Å²) in [6, 6.07) is 4.06. The number of halogens is 3. The third-order valence-electron chi connectivity index (χ3n) is 4.78. The Bertz CT molecular complexity index is 590. The molecular formula is C16H20I3NO2. The van der Waals surface area contributed by atoms with Crippen LogP contribution in [0.1, 0.15) is 34.1 Å². The average Bonchev–Trinajstić information content (AvgIpc) is 2.54. The topological polar surface area (TPSA) is 29.5 Å². The van der Waals surface area contributed by atoms with Crippen LogP contribution in [-0.4, -0.2) is 29.0 Å². The second-order valence-corrected chi connectivity index (χ2v) is 10.5. The zero-order chi connectivity index (χ0) is 16.9. The van der Waals surface area contributed by atoms with Crippen LogP contribution in [0.4, 0.5) is 0 Å². The van der Waals surface area contributed by atoms with E-state index >= 15 is 0 Å². The highest BCUT2D eigenvalue weighted by Gasteiger charge is 2.53. The highest BCUT2D eigenvalue weighted by Crippen LogP contribution is 2.44. The molecule has 0 spiro atoms. The van der Waals surface area contributed by atoms with E-state index in [2.05, 4.69) is 107 Å². The van der Waals surface area contributed by atoms with Crippen LogP contribution in [0.25, 0.3) is 0 Å². The maximum absolute atomic E-state index is 12.8. The fourth-order valence-electron chi connectivity index (χ4n) is 3.07. The fourth-order valence-corrected chi connectivity index (χ4v) is 6.87. The van der Waals surface area contributed by atoms with Gasteiger partial charge in [0.2, 0.25) is 0 Å². The maximum atomic E-state index is 12.8. The molecule has 0 N–H and O–H groups in total. The molecule has 0 aromatic heterocycles. The first-order valence-electron chi connectivity index (χ1n) is 7.07. The number of nitrogens with zero attached hydrogens (tertiary/aromatic N) is 1. The van der Waals surface area contributed by atoms with E-state index < -0.39 is 0 Å². The van der Waals surface area contributed by atoms with E-state index in [0.717, 1.165) is 17.1 Å². The first-order valence-corrected chi connectivity index (χ1v) is 10.3. The highest BCUT2D eigenvalue weighted by atomic mass is 127. The smallest absolute Gasteiger partial charge is 0.316 e. The van der Waals surface area contributed by atoms with Crippen LogP contribution in [0.3, 0.4) is 0 Å². The van der Waals surface area contributed by atoms with Gasteiger partial charge in [-0.15, -0.1) is 0 Å². The van der Waals surface area contributed by atoms with Gasteiger partial charge < -0.3 is 4.74 Å². The van der Waals surface area contributed by atoms with Gasteiger partial charge in [0.25, 0.3) is 0 Å². The molecule has 1 saturated heterocycles. The van der Waals surface area contributed by atoms with Crippen molar-refractivity contribution < 1.29 is 9.53 Å². The van der Waals surface area contributed by atoms with Gasteiger partial charge in [0.15, 0.2) is 5.75 Å². The molecule has 0 aliphatic carbocycles. The molecule has 1 heterocycles. The zero-order valence-electron chi connectivity index (χ0n) is 13.3. The van der Waals surface area contributed by atoms with Crippen LogP contribution in [0, 0.1) is 16.6 Å². The predicted molar refractivity (Wildman–Crippen MR) is 114 cm³/mol. The first kappa shape index (κ1) is 19.2. The molecule has 122 valence electrons. The van der Waals surface area contributed by atoms with E-state index in [4.69, 9.17) is 4.74 Å². The van der Waals surface area contributed by atoms with E-state index in [0.29, 0.717) is 5.75 Å². The molecule has 0 bridgehead atoms. The van der Waals surface area contributed by atoms with Gasteiger partial charge in [0.05, 0.1) is 13.1 Å². The monoisotopic (exact) mass is 639 g/mol. The molecule has 22 heavy (non-hydrogen) atoms. The maximum Gasteiger partial charge on any atom is 0.316 e. The van der Waals surface area contributed by atoms with Crippen LogP contribution in [-0.2, 0) is 4.79 Å². The van der Waals surface area contributed by atoms with Gasteiger partial charge in [-0.3, -0.25) is 9.69 Å². The number of hydrogen-bond acceptors (Lipinski definition) is 3. The van der Waals surface area contributed by atoms with Crippen molar-refractivity contribution in [1.29, 1.82) is 0 Å². The van der Waals surface area contributed by atoms with Crippen LogP contribution in [0.5, 0.6) is 5.75 Å². The van der Waals surface area contributed by atoms with Crippen molar-refractivity contribution in [2.45, 2.75) is 45.2 Å². The molecule has 0 saturated carbocycles.